The Bertz CT molecular complexity index is 892. The SMILES string of the molecule is CCCC/C=C/CCOC(=O)c1cccc(S(=O)(=O)[O-])c1C(=O)OCC/C=C/CCCC.[K+]. The van der Waals surface area contributed by atoms with Crippen LogP contribution in [0.1, 0.15) is 85.9 Å². The summed E-state index contributed by atoms with van der Waals surface area (Å²) in [6.07, 6.45) is 14.8. The summed E-state index contributed by atoms with van der Waals surface area (Å²) >= 11 is 0. The molecule has 0 bridgehead atoms. The van der Waals surface area contributed by atoms with Gasteiger partial charge in [0, 0.05) is 0 Å². The van der Waals surface area contributed by atoms with E-state index in [9.17, 15) is 22.6 Å². The van der Waals surface area contributed by atoms with Crippen molar-refractivity contribution in [2.45, 2.75) is 70.1 Å². The van der Waals surface area contributed by atoms with E-state index >= 15 is 0 Å². The van der Waals surface area contributed by atoms with Crippen molar-refractivity contribution in [1.82, 2.24) is 0 Å². The first-order valence-corrected chi connectivity index (χ1v) is 12.5. The van der Waals surface area contributed by atoms with Crippen molar-refractivity contribution in [2.24, 2.45) is 0 Å². The van der Waals surface area contributed by atoms with Crippen LogP contribution in [-0.2, 0) is 19.6 Å². The quantitative estimate of drug-likeness (QED) is 0.118. The Morgan fingerprint density at radius 1 is 0.848 bits per heavy atom. The van der Waals surface area contributed by atoms with Gasteiger partial charge in [-0.1, -0.05) is 69.9 Å². The molecular formula is C24H33KO7S. The minimum atomic E-state index is -5.00. The van der Waals surface area contributed by atoms with Crippen molar-refractivity contribution in [2.75, 3.05) is 13.2 Å². The summed E-state index contributed by atoms with van der Waals surface area (Å²) in [5, 5.41) is 0. The van der Waals surface area contributed by atoms with E-state index in [1.54, 1.807) is 0 Å². The van der Waals surface area contributed by atoms with E-state index in [-0.39, 0.29) is 70.2 Å². The molecule has 7 nitrogen and oxygen atoms in total. The molecule has 1 rings (SSSR count). The van der Waals surface area contributed by atoms with Gasteiger partial charge in [-0.25, -0.2) is 18.0 Å². The molecule has 0 N–H and O–H groups in total. The van der Waals surface area contributed by atoms with Crippen molar-refractivity contribution in [3.63, 3.8) is 0 Å². The maximum atomic E-state index is 12.6. The molecule has 0 saturated carbocycles. The van der Waals surface area contributed by atoms with E-state index in [1.807, 2.05) is 24.3 Å². The second-order valence-corrected chi connectivity index (χ2v) is 8.56. The first-order valence-electron chi connectivity index (χ1n) is 11.1. The summed E-state index contributed by atoms with van der Waals surface area (Å²) < 4.78 is 45.3. The first kappa shape index (κ1) is 32.2. The van der Waals surface area contributed by atoms with Gasteiger partial charge in [0.25, 0.3) is 0 Å². The van der Waals surface area contributed by atoms with Gasteiger partial charge in [0.05, 0.1) is 29.2 Å². The third kappa shape index (κ3) is 13.0. The number of hydrogen-bond acceptors (Lipinski definition) is 7. The first-order chi connectivity index (χ1) is 15.3. The Morgan fingerprint density at radius 2 is 1.33 bits per heavy atom. The van der Waals surface area contributed by atoms with E-state index in [0.29, 0.717) is 12.8 Å². The molecule has 0 unspecified atom stereocenters. The molecule has 178 valence electrons. The van der Waals surface area contributed by atoms with Gasteiger partial charge in [-0.05, 0) is 37.8 Å². The van der Waals surface area contributed by atoms with Gasteiger partial charge in [0.15, 0.2) is 0 Å². The molecule has 0 atom stereocenters. The molecule has 33 heavy (non-hydrogen) atoms. The monoisotopic (exact) mass is 504 g/mol. The van der Waals surface area contributed by atoms with Gasteiger partial charge in [0.2, 0.25) is 0 Å². The van der Waals surface area contributed by atoms with E-state index in [1.165, 1.54) is 12.1 Å². The Kier molecular flexibility index (Phi) is 18.0. The molecule has 0 aliphatic carbocycles. The molecule has 0 spiro atoms. The van der Waals surface area contributed by atoms with Crippen LogP contribution in [0.3, 0.4) is 0 Å². The van der Waals surface area contributed by atoms with Gasteiger partial charge in [-0.15, -0.1) is 0 Å². The van der Waals surface area contributed by atoms with E-state index < -0.39 is 32.5 Å². The zero-order chi connectivity index (χ0) is 23.8. The summed E-state index contributed by atoms with van der Waals surface area (Å²) in [7, 11) is -5.00. The average molecular weight is 505 g/mol. The topological polar surface area (TPSA) is 110 Å². The molecule has 0 radical (unpaired) electrons. The molecule has 0 amide bonds. The fourth-order valence-corrected chi connectivity index (χ4v) is 3.51. The van der Waals surface area contributed by atoms with Crippen LogP contribution in [0.2, 0.25) is 0 Å². The summed E-state index contributed by atoms with van der Waals surface area (Å²) in [5.41, 5.74) is -0.888. The number of carbonyl (C=O) groups excluding carboxylic acids is 2. The molecule has 0 heterocycles. The summed E-state index contributed by atoms with van der Waals surface area (Å²) in [6.45, 7) is 4.24. The smallest absolute Gasteiger partial charge is 0.744 e. The van der Waals surface area contributed by atoms with Crippen molar-refractivity contribution < 1.29 is 83.4 Å². The molecule has 0 aliphatic rings. The van der Waals surface area contributed by atoms with Gasteiger partial charge < -0.3 is 14.0 Å². The molecule has 0 aliphatic heterocycles. The number of hydrogen-bond donors (Lipinski definition) is 0. The van der Waals surface area contributed by atoms with Crippen LogP contribution in [0.5, 0.6) is 0 Å². The number of allylic oxidation sites excluding steroid dienone is 2. The number of ether oxygens (including phenoxy) is 2. The summed E-state index contributed by atoms with van der Waals surface area (Å²) in [5.74, 6) is -1.93. The maximum absolute atomic E-state index is 12.6. The normalized spacial score (nSPS) is 11.5. The van der Waals surface area contributed by atoms with Crippen LogP contribution in [0, 0.1) is 0 Å². The Morgan fingerprint density at radius 3 is 1.82 bits per heavy atom. The van der Waals surface area contributed by atoms with Crippen molar-refractivity contribution in [1.29, 1.82) is 0 Å². The maximum Gasteiger partial charge on any atom is 1.00 e. The minimum absolute atomic E-state index is 0. The van der Waals surface area contributed by atoms with Crippen molar-refractivity contribution in [3.05, 3.63) is 53.6 Å². The number of rotatable bonds is 15. The minimum Gasteiger partial charge on any atom is -0.744 e. The summed E-state index contributed by atoms with van der Waals surface area (Å²) in [4.78, 5) is 24.3. The fraction of sp³-hybridized carbons (Fsp3) is 0.500. The number of benzene rings is 1. The second-order valence-electron chi connectivity index (χ2n) is 7.21. The standard InChI is InChI=1S/C24H34O7S.K/c1-3-5-7-9-11-13-18-30-23(25)20-16-15-17-21(32(27,28)29)22(20)24(26)31-19-14-12-10-8-6-4-2;/h9-12,15-17H,3-8,13-14,18-19H2,1-2H3,(H,27,28,29);/q;+1/p-1/b11-9+,12-10+;. The number of unbranched alkanes of at least 4 members (excludes halogenated alkanes) is 4. The molecular weight excluding hydrogens is 471 g/mol. The predicted octanol–water partition coefficient (Wildman–Crippen LogP) is 2.18. The van der Waals surface area contributed by atoms with Gasteiger partial charge in [-0.3, -0.25) is 0 Å². The Hall–Kier alpha value is -0.814. The zero-order valence-corrected chi connectivity index (χ0v) is 23.8. The molecule has 0 aromatic heterocycles. The van der Waals surface area contributed by atoms with E-state index in [4.69, 9.17) is 9.47 Å². The van der Waals surface area contributed by atoms with Crippen LogP contribution in [-0.4, -0.2) is 38.1 Å². The van der Waals surface area contributed by atoms with Crippen LogP contribution in [0.25, 0.3) is 0 Å². The van der Waals surface area contributed by atoms with Gasteiger partial charge in [-0.2, -0.15) is 0 Å². The average Bonchev–Trinajstić information content (AvgIpc) is 2.76. The van der Waals surface area contributed by atoms with Crippen LogP contribution in [0.15, 0.2) is 47.4 Å². The molecule has 0 saturated heterocycles. The molecule has 0 fully saturated rings. The molecule has 1 aromatic carbocycles. The largest absolute Gasteiger partial charge is 1.00 e. The van der Waals surface area contributed by atoms with E-state index in [0.717, 1.165) is 44.6 Å². The van der Waals surface area contributed by atoms with Gasteiger partial charge >= 0.3 is 63.3 Å². The molecule has 9 heteroatoms. The van der Waals surface area contributed by atoms with Crippen LogP contribution >= 0.6 is 0 Å². The van der Waals surface area contributed by atoms with Gasteiger partial charge in [0.1, 0.15) is 10.1 Å². The second kappa shape index (κ2) is 18.5. The predicted molar refractivity (Wildman–Crippen MR) is 122 cm³/mol. The van der Waals surface area contributed by atoms with Crippen molar-refractivity contribution >= 4 is 22.1 Å². The fourth-order valence-electron chi connectivity index (χ4n) is 2.82. The Labute approximate surface area is 240 Å². The third-order valence-electron chi connectivity index (χ3n) is 4.54. The number of carbonyl (C=O) groups is 2. The van der Waals surface area contributed by atoms with Crippen LogP contribution < -0.4 is 51.4 Å². The van der Waals surface area contributed by atoms with Crippen molar-refractivity contribution in [3.8, 4) is 0 Å². The van der Waals surface area contributed by atoms with E-state index in [2.05, 4.69) is 13.8 Å². The third-order valence-corrected chi connectivity index (χ3v) is 5.42. The van der Waals surface area contributed by atoms with Crippen LogP contribution in [0.4, 0.5) is 0 Å². The molecule has 1 aromatic rings. The Balaban J connectivity index is 0.0000102. The summed E-state index contributed by atoms with van der Waals surface area (Å²) in [6, 6.07) is 3.45. The zero-order valence-electron chi connectivity index (χ0n) is 19.9. The number of esters is 2.